The number of pyridine rings is 1. The Hall–Kier alpha value is -1.62. The fraction of sp³-hybridized carbons (Fsp3) is 0.625. The second-order valence-corrected chi connectivity index (χ2v) is 5.45. The molecular weight excluding hydrogens is 266 g/mol. The van der Waals surface area contributed by atoms with E-state index in [1.165, 1.54) is 0 Å². The van der Waals surface area contributed by atoms with Crippen molar-refractivity contribution in [3.63, 3.8) is 0 Å². The number of nitrogens with one attached hydrogen (secondary N) is 1. The van der Waals surface area contributed by atoms with Gasteiger partial charge in [-0.25, -0.2) is 0 Å². The molecule has 1 aromatic rings. The normalized spacial score (nSPS) is 11.3. The van der Waals surface area contributed by atoms with E-state index < -0.39 is 0 Å². The largest absolute Gasteiger partial charge is 0.382 e. The maximum atomic E-state index is 12.3. The van der Waals surface area contributed by atoms with Crippen LogP contribution in [0.1, 0.15) is 45.1 Å². The molecule has 1 amide bonds. The molecule has 1 aromatic heterocycles. The maximum absolute atomic E-state index is 12.3. The summed E-state index contributed by atoms with van der Waals surface area (Å²) in [5.41, 5.74) is 1.10. The van der Waals surface area contributed by atoms with Gasteiger partial charge in [0.2, 0.25) is 0 Å². The number of amides is 1. The van der Waals surface area contributed by atoms with E-state index in [1.807, 2.05) is 40.7 Å². The van der Waals surface area contributed by atoms with Crippen LogP contribution in [-0.4, -0.2) is 47.6 Å². The van der Waals surface area contributed by atoms with Gasteiger partial charge in [-0.2, -0.15) is 0 Å². The first kappa shape index (κ1) is 17.4. The summed E-state index contributed by atoms with van der Waals surface area (Å²) in [6.45, 7) is 12.7. The number of carbonyl (C=O) groups excluding carboxylic acids is 1. The van der Waals surface area contributed by atoms with Crippen LogP contribution in [-0.2, 0) is 4.74 Å². The van der Waals surface area contributed by atoms with Crippen molar-refractivity contribution < 1.29 is 9.53 Å². The molecule has 0 fully saturated rings. The summed E-state index contributed by atoms with van der Waals surface area (Å²) in [6.07, 6.45) is 1.66. The van der Waals surface area contributed by atoms with E-state index in [2.05, 4.69) is 10.3 Å². The van der Waals surface area contributed by atoms with E-state index in [9.17, 15) is 4.79 Å². The van der Waals surface area contributed by atoms with Crippen molar-refractivity contribution in [2.75, 3.05) is 31.6 Å². The number of hydrogen-bond acceptors (Lipinski definition) is 4. The van der Waals surface area contributed by atoms with Gasteiger partial charge >= 0.3 is 0 Å². The van der Waals surface area contributed by atoms with Crippen LogP contribution < -0.4 is 5.32 Å². The number of ether oxygens (including phenoxy) is 1. The van der Waals surface area contributed by atoms with Crippen molar-refractivity contribution in [3.8, 4) is 0 Å². The highest BCUT2D eigenvalue weighted by Crippen LogP contribution is 2.14. The van der Waals surface area contributed by atoms with E-state index in [1.54, 1.807) is 17.2 Å². The van der Waals surface area contributed by atoms with Gasteiger partial charge in [0, 0.05) is 38.1 Å². The summed E-state index contributed by atoms with van der Waals surface area (Å²) in [5.74, 6) is -0.0345. The molecule has 1 N–H and O–H groups in total. The number of nitrogens with zero attached hydrogens (tertiary/aromatic N) is 2. The van der Waals surface area contributed by atoms with Crippen molar-refractivity contribution >= 4 is 11.6 Å². The van der Waals surface area contributed by atoms with Gasteiger partial charge in [0.1, 0.15) is 5.69 Å². The lowest BCUT2D eigenvalue weighted by Crippen LogP contribution is -2.33. The summed E-state index contributed by atoms with van der Waals surface area (Å²) >= 11 is 0. The van der Waals surface area contributed by atoms with Crippen LogP contribution in [0, 0.1) is 0 Å². The lowest BCUT2D eigenvalue weighted by molar-refractivity contribution is 0.000696. The third kappa shape index (κ3) is 5.34. The topological polar surface area (TPSA) is 54.5 Å². The Morgan fingerprint density at radius 1 is 1.33 bits per heavy atom. The van der Waals surface area contributed by atoms with Crippen molar-refractivity contribution in [2.45, 2.75) is 40.2 Å². The van der Waals surface area contributed by atoms with Gasteiger partial charge in [0.05, 0.1) is 5.60 Å². The monoisotopic (exact) mass is 293 g/mol. The Morgan fingerprint density at radius 3 is 2.57 bits per heavy atom. The van der Waals surface area contributed by atoms with Gasteiger partial charge in [0.15, 0.2) is 0 Å². The van der Waals surface area contributed by atoms with Gasteiger partial charge in [-0.1, -0.05) is 0 Å². The van der Waals surface area contributed by atoms with Crippen LogP contribution in [0.5, 0.6) is 0 Å². The molecule has 0 bridgehead atoms. The quantitative estimate of drug-likeness (QED) is 0.801. The second-order valence-electron chi connectivity index (χ2n) is 5.45. The Bertz CT molecular complexity index is 457. The van der Waals surface area contributed by atoms with E-state index in [0.29, 0.717) is 31.9 Å². The predicted molar refractivity (Wildman–Crippen MR) is 85.7 cm³/mol. The Morgan fingerprint density at radius 2 is 2.00 bits per heavy atom. The highest BCUT2D eigenvalue weighted by molar-refractivity contribution is 5.93. The molecule has 1 heterocycles. The highest BCUT2D eigenvalue weighted by Gasteiger charge is 2.18. The van der Waals surface area contributed by atoms with Gasteiger partial charge in [0.25, 0.3) is 5.91 Å². The van der Waals surface area contributed by atoms with Crippen LogP contribution in [0.2, 0.25) is 0 Å². The minimum atomic E-state index is -0.249. The fourth-order valence-corrected chi connectivity index (χ4v) is 2.09. The molecule has 5 heteroatoms. The number of anilines is 1. The predicted octanol–water partition coefficient (Wildman–Crippen LogP) is 2.79. The molecule has 5 nitrogen and oxygen atoms in total. The smallest absolute Gasteiger partial charge is 0.272 e. The average molecular weight is 293 g/mol. The van der Waals surface area contributed by atoms with Crippen LogP contribution in [0.3, 0.4) is 0 Å². The molecule has 0 saturated heterocycles. The van der Waals surface area contributed by atoms with E-state index in [4.69, 9.17) is 4.74 Å². The molecule has 0 aliphatic carbocycles. The molecular formula is C16H27N3O2. The molecule has 118 valence electrons. The number of aromatic nitrogens is 1. The minimum absolute atomic E-state index is 0.0345. The number of rotatable bonds is 8. The summed E-state index contributed by atoms with van der Waals surface area (Å²) in [4.78, 5) is 18.2. The zero-order valence-corrected chi connectivity index (χ0v) is 13.8. The van der Waals surface area contributed by atoms with E-state index >= 15 is 0 Å². The van der Waals surface area contributed by atoms with E-state index in [-0.39, 0.29) is 11.5 Å². The first-order valence-electron chi connectivity index (χ1n) is 7.56. The standard InChI is InChI=1S/C16H27N3O2/c1-6-19(7-2)15(20)14-11-13(9-10-17-14)18-12-16(4,5)21-8-3/h9-11H,6-8,12H2,1-5H3,(H,17,18). The van der Waals surface area contributed by atoms with Crippen LogP contribution in [0.15, 0.2) is 18.3 Å². The molecule has 0 atom stereocenters. The summed E-state index contributed by atoms with van der Waals surface area (Å²) in [7, 11) is 0. The molecule has 21 heavy (non-hydrogen) atoms. The molecule has 0 unspecified atom stereocenters. The summed E-state index contributed by atoms with van der Waals surface area (Å²) < 4.78 is 5.65. The first-order chi connectivity index (χ1) is 9.93. The van der Waals surface area contributed by atoms with Crippen molar-refractivity contribution in [2.24, 2.45) is 0 Å². The maximum Gasteiger partial charge on any atom is 0.272 e. The van der Waals surface area contributed by atoms with Crippen LogP contribution in [0.4, 0.5) is 5.69 Å². The number of carbonyl (C=O) groups is 1. The van der Waals surface area contributed by atoms with Crippen LogP contribution >= 0.6 is 0 Å². The van der Waals surface area contributed by atoms with Gasteiger partial charge in [-0.3, -0.25) is 9.78 Å². The molecule has 0 aliphatic heterocycles. The second kappa shape index (κ2) is 7.98. The molecule has 0 spiro atoms. The van der Waals surface area contributed by atoms with Crippen LogP contribution in [0.25, 0.3) is 0 Å². The van der Waals surface area contributed by atoms with Gasteiger partial charge in [-0.05, 0) is 46.8 Å². The minimum Gasteiger partial charge on any atom is -0.382 e. The van der Waals surface area contributed by atoms with Gasteiger partial charge < -0.3 is 15.0 Å². The Balaban J connectivity index is 2.75. The van der Waals surface area contributed by atoms with Gasteiger partial charge in [-0.15, -0.1) is 0 Å². The average Bonchev–Trinajstić information content (AvgIpc) is 2.47. The zero-order chi connectivity index (χ0) is 15.9. The summed E-state index contributed by atoms with van der Waals surface area (Å²) in [5, 5.41) is 3.30. The molecule has 0 saturated carbocycles. The molecule has 0 aromatic carbocycles. The Kier molecular flexibility index (Phi) is 6.62. The number of hydrogen-bond donors (Lipinski definition) is 1. The van der Waals surface area contributed by atoms with Crippen molar-refractivity contribution in [1.82, 2.24) is 9.88 Å². The molecule has 0 aliphatic rings. The SMILES string of the molecule is CCOC(C)(C)CNc1ccnc(C(=O)N(CC)CC)c1. The lowest BCUT2D eigenvalue weighted by atomic mass is 10.1. The zero-order valence-electron chi connectivity index (χ0n) is 13.8. The highest BCUT2D eigenvalue weighted by atomic mass is 16.5. The summed E-state index contributed by atoms with van der Waals surface area (Å²) in [6, 6.07) is 3.66. The Labute approximate surface area is 127 Å². The van der Waals surface area contributed by atoms with Crippen molar-refractivity contribution in [1.29, 1.82) is 0 Å². The lowest BCUT2D eigenvalue weighted by Gasteiger charge is -2.25. The van der Waals surface area contributed by atoms with E-state index in [0.717, 1.165) is 5.69 Å². The molecule has 0 radical (unpaired) electrons. The molecule has 1 rings (SSSR count). The third-order valence-electron chi connectivity index (χ3n) is 3.28. The third-order valence-corrected chi connectivity index (χ3v) is 3.28. The first-order valence-corrected chi connectivity index (χ1v) is 7.56. The fourth-order valence-electron chi connectivity index (χ4n) is 2.09. The van der Waals surface area contributed by atoms with Crippen molar-refractivity contribution in [3.05, 3.63) is 24.0 Å².